The van der Waals surface area contributed by atoms with E-state index in [1.54, 1.807) is 30.3 Å². The predicted molar refractivity (Wildman–Crippen MR) is 114 cm³/mol. The van der Waals surface area contributed by atoms with Gasteiger partial charge >= 0.3 is 0 Å². The number of amides is 1. The van der Waals surface area contributed by atoms with Crippen molar-refractivity contribution in [3.8, 4) is 5.69 Å². The van der Waals surface area contributed by atoms with Crippen LogP contribution in [0.5, 0.6) is 0 Å². The third kappa shape index (κ3) is 3.52. The Balaban J connectivity index is 1.62. The molecule has 2 N–H and O–H groups in total. The molecule has 28 heavy (non-hydrogen) atoms. The zero-order valence-corrected chi connectivity index (χ0v) is 16.6. The lowest BCUT2D eigenvalue weighted by Crippen LogP contribution is -2.41. The highest BCUT2D eigenvalue weighted by Crippen LogP contribution is 2.24. The number of hydrogen-bond donors (Lipinski definition) is 2. The number of aromatic amines is 1. The summed E-state index contributed by atoms with van der Waals surface area (Å²) in [6, 6.07) is 14.5. The number of para-hydroxylation sites is 1. The van der Waals surface area contributed by atoms with Crippen LogP contribution in [0.2, 0.25) is 0 Å². The van der Waals surface area contributed by atoms with Crippen molar-refractivity contribution < 1.29 is 4.79 Å². The molecule has 6 heteroatoms. The number of aromatic nitrogens is 2. The van der Waals surface area contributed by atoms with Crippen LogP contribution in [0.15, 0.2) is 53.3 Å². The summed E-state index contributed by atoms with van der Waals surface area (Å²) in [5.74, 6) is 0.438. The van der Waals surface area contributed by atoms with Crippen molar-refractivity contribution in [1.82, 2.24) is 14.9 Å². The van der Waals surface area contributed by atoms with Gasteiger partial charge in [0.1, 0.15) is 0 Å². The molecule has 1 saturated carbocycles. The largest absolute Gasteiger partial charge is 0.349 e. The molecule has 0 aliphatic heterocycles. The van der Waals surface area contributed by atoms with E-state index in [0.717, 1.165) is 19.3 Å². The SMILES string of the molecule is CC1CCCCC1NC(=O)c1ccc(-n2c(=S)[nH]c3ccccc3c2=O)cc1. The summed E-state index contributed by atoms with van der Waals surface area (Å²) in [6.45, 7) is 2.20. The first-order chi connectivity index (χ1) is 13.5. The molecular formula is C22H23N3O2S. The van der Waals surface area contributed by atoms with Crippen LogP contribution in [0.25, 0.3) is 16.6 Å². The molecule has 5 nitrogen and oxygen atoms in total. The minimum atomic E-state index is -0.174. The van der Waals surface area contributed by atoms with Crippen molar-refractivity contribution in [2.24, 2.45) is 5.92 Å². The normalized spacial score (nSPS) is 19.5. The number of carbonyl (C=O) groups excluding carboxylic acids is 1. The first-order valence-electron chi connectivity index (χ1n) is 9.70. The van der Waals surface area contributed by atoms with E-state index in [4.69, 9.17) is 12.2 Å². The molecule has 1 heterocycles. The molecule has 0 bridgehead atoms. The standard InChI is InChI=1S/C22H23N3O2S/c1-14-6-2-4-8-18(14)23-20(26)15-10-12-16(13-11-15)25-21(27)17-7-3-5-9-19(17)24-22(25)28/h3,5,7,9-14,18H,2,4,6,8H2,1H3,(H,23,26)(H,24,28). The maximum Gasteiger partial charge on any atom is 0.266 e. The molecule has 0 spiro atoms. The summed E-state index contributed by atoms with van der Waals surface area (Å²) >= 11 is 5.38. The average Bonchev–Trinajstić information content (AvgIpc) is 2.70. The van der Waals surface area contributed by atoms with Gasteiger partial charge in [0.25, 0.3) is 11.5 Å². The van der Waals surface area contributed by atoms with E-state index < -0.39 is 0 Å². The van der Waals surface area contributed by atoms with E-state index in [1.807, 2.05) is 18.2 Å². The number of benzene rings is 2. The Morgan fingerprint density at radius 1 is 1.11 bits per heavy atom. The van der Waals surface area contributed by atoms with Gasteiger partial charge < -0.3 is 10.3 Å². The molecule has 2 atom stereocenters. The van der Waals surface area contributed by atoms with Gasteiger partial charge in [-0.3, -0.25) is 14.2 Å². The third-order valence-corrected chi connectivity index (χ3v) is 5.91. The molecule has 1 amide bonds. The molecule has 0 radical (unpaired) electrons. The van der Waals surface area contributed by atoms with E-state index >= 15 is 0 Å². The molecule has 4 rings (SSSR count). The van der Waals surface area contributed by atoms with Crippen LogP contribution in [0, 0.1) is 10.7 Å². The van der Waals surface area contributed by atoms with Crippen LogP contribution < -0.4 is 10.9 Å². The molecule has 1 fully saturated rings. The minimum absolute atomic E-state index is 0.0682. The topological polar surface area (TPSA) is 66.9 Å². The Kier molecular flexibility index (Phi) is 5.13. The molecular weight excluding hydrogens is 370 g/mol. The van der Waals surface area contributed by atoms with Gasteiger partial charge in [0.2, 0.25) is 0 Å². The maximum absolute atomic E-state index is 12.9. The highest BCUT2D eigenvalue weighted by molar-refractivity contribution is 7.71. The van der Waals surface area contributed by atoms with Crippen LogP contribution in [0.4, 0.5) is 0 Å². The van der Waals surface area contributed by atoms with Crippen molar-refractivity contribution in [3.05, 3.63) is 69.2 Å². The number of nitrogens with zero attached hydrogens (tertiary/aromatic N) is 1. The summed E-state index contributed by atoms with van der Waals surface area (Å²) in [4.78, 5) is 28.6. The lowest BCUT2D eigenvalue weighted by molar-refractivity contribution is 0.0910. The molecule has 2 unspecified atom stereocenters. The van der Waals surface area contributed by atoms with Gasteiger partial charge in [-0.15, -0.1) is 0 Å². The summed E-state index contributed by atoms with van der Waals surface area (Å²) in [6.07, 6.45) is 4.60. The third-order valence-electron chi connectivity index (χ3n) is 5.62. The Morgan fingerprint density at radius 3 is 2.57 bits per heavy atom. The van der Waals surface area contributed by atoms with Crippen molar-refractivity contribution >= 4 is 29.0 Å². The zero-order valence-electron chi connectivity index (χ0n) is 15.8. The van der Waals surface area contributed by atoms with Crippen molar-refractivity contribution in [2.75, 3.05) is 0 Å². The second-order valence-electron chi connectivity index (χ2n) is 7.50. The molecule has 1 aliphatic rings. The Bertz CT molecular complexity index is 1130. The predicted octanol–water partition coefficient (Wildman–Crippen LogP) is 4.36. The second-order valence-corrected chi connectivity index (χ2v) is 7.89. The fourth-order valence-corrected chi connectivity index (χ4v) is 4.24. The Labute approximate surface area is 168 Å². The monoisotopic (exact) mass is 393 g/mol. The molecule has 0 saturated heterocycles. The smallest absolute Gasteiger partial charge is 0.266 e. The first kappa shape index (κ1) is 18.6. The van der Waals surface area contributed by atoms with Gasteiger partial charge in [-0.2, -0.15) is 0 Å². The van der Waals surface area contributed by atoms with Crippen LogP contribution in [0.3, 0.4) is 0 Å². The van der Waals surface area contributed by atoms with Crippen LogP contribution in [-0.4, -0.2) is 21.5 Å². The quantitative estimate of drug-likeness (QED) is 0.650. The van der Waals surface area contributed by atoms with Crippen molar-refractivity contribution in [3.63, 3.8) is 0 Å². The van der Waals surface area contributed by atoms with E-state index in [9.17, 15) is 9.59 Å². The van der Waals surface area contributed by atoms with Crippen LogP contribution in [0.1, 0.15) is 43.0 Å². The average molecular weight is 394 g/mol. The first-order valence-corrected chi connectivity index (χ1v) is 10.1. The summed E-state index contributed by atoms with van der Waals surface area (Å²) in [5, 5.41) is 3.73. The summed E-state index contributed by atoms with van der Waals surface area (Å²) in [5.41, 5.74) is 1.77. The van der Waals surface area contributed by atoms with E-state index in [1.165, 1.54) is 11.0 Å². The second kappa shape index (κ2) is 7.72. The van der Waals surface area contributed by atoms with Crippen molar-refractivity contribution in [1.29, 1.82) is 0 Å². The van der Waals surface area contributed by atoms with Gasteiger partial charge in [-0.1, -0.05) is 31.9 Å². The van der Waals surface area contributed by atoms with E-state index in [2.05, 4.69) is 17.2 Å². The fourth-order valence-electron chi connectivity index (χ4n) is 3.94. The molecule has 1 aliphatic carbocycles. The molecule has 2 aromatic carbocycles. The van der Waals surface area contributed by atoms with Gasteiger partial charge in [0.05, 0.1) is 16.6 Å². The highest BCUT2D eigenvalue weighted by atomic mass is 32.1. The summed E-state index contributed by atoms with van der Waals surface area (Å²) in [7, 11) is 0. The maximum atomic E-state index is 12.9. The molecule has 1 aromatic heterocycles. The lowest BCUT2D eigenvalue weighted by Gasteiger charge is -2.29. The zero-order chi connectivity index (χ0) is 19.7. The van der Waals surface area contributed by atoms with Gasteiger partial charge in [-0.25, -0.2) is 0 Å². The van der Waals surface area contributed by atoms with E-state index in [0.29, 0.717) is 32.8 Å². The Morgan fingerprint density at radius 2 is 1.82 bits per heavy atom. The van der Waals surface area contributed by atoms with Gasteiger partial charge in [-0.05, 0) is 67.4 Å². The number of hydrogen-bond acceptors (Lipinski definition) is 3. The molecule has 3 aromatic rings. The Hall–Kier alpha value is -2.73. The van der Waals surface area contributed by atoms with Gasteiger partial charge in [0, 0.05) is 11.6 Å². The summed E-state index contributed by atoms with van der Waals surface area (Å²) < 4.78 is 1.79. The number of fused-ring (bicyclic) bond motifs is 1. The number of H-pyrrole nitrogens is 1. The fraction of sp³-hybridized carbons (Fsp3) is 0.318. The highest BCUT2D eigenvalue weighted by Gasteiger charge is 2.23. The van der Waals surface area contributed by atoms with Crippen LogP contribution >= 0.6 is 12.2 Å². The number of nitrogens with one attached hydrogen (secondary N) is 2. The van der Waals surface area contributed by atoms with Crippen LogP contribution in [-0.2, 0) is 0 Å². The lowest BCUT2D eigenvalue weighted by atomic mass is 9.86. The molecule has 144 valence electrons. The minimum Gasteiger partial charge on any atom is -0.349 e. The number of carbonyl (C=O) groups is 1. The van der Waals surface area contributed by atoms with E-state index in [-0.39, 0.29) is 17.5 Å². The van der Waals surface area contributed by atoms with Crippen molar-refractivity contribution in [2.45, 2.75) is 38.6 Å². The number of rotatable bonds is 3. The van der Waals surface area contributed by atoms with Gasteiger partial charge in [0.15, 0.2) is 4.77 Å².